The Bertz CT molecular complexity index is 126. The third-order valence-electron chi connectivity index (χ3n) is 2.91. The standard InChI is InChI=1S/C10H20BrN/c1-3-7-12(2)9-10(8-11)5-4-6-10/h3-9H2,1-2H3. The van der Waals surface area contributed by atoms with Crippen molar-refractivity contribution in [2.75, 3.05) is 25.5 Å². The van der Waals surface area contributed by atoms with Gasteiger partial charge in [-0.2, -0.15) is 0 Å². The lowest BCUT2D eigenvalue weighted by atomic mass is 9.70. The van der Waals surface area contributed by atoms with Crippen LogP contribution in [-0.2, 0) is 0 Å². The summed E-state index contributed by atoms with van der Waals surface area (Å²) in [6.45, 7) is 4.78. The molecule has 2 heteroatoms. The van der Waals surface area contributed by atoms with Gasteiger partial charge in [0.15, 0.2) is 0 Å². The highest BCUT2D eigenvalue weighted by molar-refractivity contribution is 9.09. The Hall–Kier alpha value is 0.440. The molecule has 1 rings (SSSR count). The first-order valence-corrected chi connectivity index (χ1v) is 6.09. The van der Waals surface area contributed by atoms with Gasteiger partial charge < -0.3 is 4.90 Å². The Kier molecular flexibility index (Phi) is 4.04. The fraction of sp³-hybridized carbons (Fsp3) is 1.00. The molecule has 0 aromatic heterocycles. The second-order valence-corrected chi connectivity index (χ2v) is 4.79. The molecule has 1 saturated carbocycles. The second kappa shape index (κ2) is 4.61. The third-order valence-corrected chi connectivity index (χ3v) is 4.10. The van der Waals surface area contributed by atoms with Gasteiger partial charge in [0.25, 0.3) is 0 Å². The molecule has 0 saturated heterocycles. The van der Waals surface area contributed by atoms with Crippen molar-refractivity contribution >= 4 is 15.9 Å². The van der Waals surface area contributed by atoms with Crippen LogP contribution in [0.1, 0.15) is 32.6 Å². The third kappa shape index (κ3) is 2.46. The zero-order chi connectivity index (χ0) is 9.03. The topological polar surface area (TPSA) is 3.24 Å². The van der Waals surface area contributed by atoms with Crippen molar-refractivity contribution in [2.45, 2.75) is 32.6 Å². The van der Waals surface area contributed by atoms with Crippen LogP contribution in [-0.4, -0.2) is 30.4 Å². The highest BCUT2D eigenvalue weighted by Gasteiger charge is 2.36. The van der Waals surface area contributed by atoms with Gasteiger partial charge in [0, 0.05) is 11.9 Å². The summed E-state index contributed by atoms with van der Waals surface area (Å²) in [5.74, 6) is 0. The molecule has 1 nitrogen and oxygen atoms in total. The molecular formula is C10H20BrN. The minimum absolute atomic E-state index is 0.629. The minimum Gasteiger partial charge on any atom is -0.306 e. The van der Waals surface area contributed by atoms with Crippen molar-refractivity contribution in [1.29, 1.82) is 0 Å². The van der Waals surface area contributed by atoms with Crippen LogP contribution in [0.4, 0.5) is 0 Å². The average molecular weight is 234 g/mol. The summed E-state index contributed by atoms with van der Waals surface area (Å²) in [7, 11) is 2.24. The van der Waals surface area contributed by atoms with Gasteiger partial charge in [0.2, 0.25) is 0 Å². The largest absolute Gasteiger partial charge is 0.306 e. The molecular weight excluding hydrogens is 214 g/mol. The Morgan fingerprint density at radius 2 is 2.08 bits per heavy atom. The lowest BCUT2D eigenvalue weighted by Gasteiger charge is -2.43. The van der Waals surface area contributed by atoms with E-state index >= 15 is 0 Å². The summed E-state index contributed by atoms with van der Waals surface area (Å²) in [6, 6.07) is 0. The van der Waals surface area contributed by atoms with Crippen LogP contribution in [0.25, 0.3) is 0 Å². The molecule has 0 spiro atoms. The summed E-state index contributed by atoms with van der Waals surface area (Å²) in [5, 5.41) is 1.19. The molecule has 1 fully saturated rings. The van der Waals surface area contributed by atoms with E-state index in [-0.39, 0.29) is 0 Å². The highest BCUT2D eigenvalue weighted by atomic mass is 79.9. The summed E-state index contributed by atoms with van der Waals surface area (Å²) >= 11 is 3.64. The van der Waals surface area contributed by atoms with Crippen molar-refractivity contribution in [1.82, 2.24) is 4.90 Å². The number of nitrogens with zero attached hydrogens (tertiary/aromatic N) is 1. The first kappa shape index (κ1) is 10.5. The lowest BCUT2D eigenvalue weighted by Crippen LogP contribution is -2.42. The molecule has 0 aromatic rings. The smallest absolute Gasteiger partial charge is 0.0100 e. The average Bonchev–Trinajstić information content (AvgIpc) is 1.97. The number of halogens is 1. The lowest BCUT2D eigenvalue weighted by molar-refractivity contribution is 0.106. The van der Waals surface area contributed by atoms with Gasteiger partial charge >= 0.3 is 0 Å². The van der Waals surface area contributed by atoms with Crippen molar-refractivity contribution in [3.63, 3.8) is 0 Å². The van der Waals surface area contributed by atoms with E-state index in [9.17, 15) is 0 Å². The van der Waals surface area contributed by atoms with Gasteiger partial charge in [-0.25, -0.2) is 0 Å². The van der Waals surface area contributed by atoms with Crippen LogP contribution >= 0.6 is 15.9 Å². The molecule has 72 valence electrons. The molecule has 0 N–H and O–H groups in total. The molecule has 0 unspecified atom stereocenters. The minimum atomic E-state index is 0.629. The van der Waals surface area contributed by atoms with E-state index < -0.39 is 0 Å². The van der Waals surface area contributed by atoms with Crippen molar-refractivity contribution in [2.24, 2.45) is 5.41 Å². The summed E-state index contributed by atoms with van der Waals surface area (Å²) in [6.07, 6.45) is 5.55. The molecule has 1 aliphatic carbocycles. The van der Waals surface area contributed by atoms with Crippen LogP contribution in [0, 0.1) is 5.41 Å². The van der Waals surface area contributed by atoms with Gasteiger partial charge in [-0.15, -0.1) is 0 Å². The molecule has 0 heterocycles. The number of hydrogen-bond donors (Lipinski definition) is 0. The SMILES string of the molecule is CCCN(C)CC1(CBr)CCC1. The molecule has 0 amide bonds. The van der Waals surface area contributed by atoms with Crippen molar-refractivity contribution in [3.05, 3.63) is 0 Å². The first-order valence-electron chi connectivity index (χ1n) is 4.97. The van der Waals surface area contributed by atoms with Crippen LogP contribution < -0.4 is 0 Å². The summed E-state index contributed by atoms with van der Waals surface area (Å²) in [4.78, 5) is 2.47. The molecule has 0 radical (unpaired) electrons. The van der Waals surface area contributed by atoms with E-state index in [1.54, 1.807) is 0 Å². The fourth-order valence-corrected chi connectivity index (χ4v) is 2.78. The number of rotatable bonds is 5. The molecule has 1 aliphatic rings. The van der Waals surface area contributed by atoms with Crippen molar-refractivity contribution < 1.29 is 0 Å². The van der Waals surface area contributed by atoms with Crippen LogP contribution in [0.3, 0.4) is 0 Å². The van der Waals surface area contributed by atoms with Crippen molar-refractivity contribution in [3.8, 4) is 0 Å². The maximum Gasteiger partial charge on any atom is 0.0100 e. The van der Waals surface area contributed by atoms with E-state index in [2.05, 4.69) is 34.8 Å². The molecule has 0 aromatic carbocycles. The predicted octanol–water partition coefficient (Wildman–Crippen LogP) is 2.89. The van der Waals surface area contributed by atoms with E-state index in [0.29, 0.717) is 5.41 Å². The number of alkyl halides is 1. The first-order chi connectivity index (χ1) is 5.72. The Labute approximate surface area is 84.6 Å². The van der Waals surface area contributed by atoms with Gasteiger partial charge in [0.1, 0.15) is 0 Å². The zero-order valence-electron chi connectivity index (χ0n) is 8.27. The van der Waals surface area contributed by atoms with E-state index in [4.69, 9.17) is 0 Å². The quantitative estimate of drug-likeness (QED) is 0.661. The summed E-state index contributed by atoms with van der Waals surface area (Å²) < 4.78 is 0. The second-order valence-electron chi connectivity index (χ2n) is 4.22. The van der Waals surface area contributed by atoms with Crippen LogP contribution in [0.5, 0.6) is 0 Å². The Balaban J connectivity index is 2.27. The van der Waals surface area contributed by atoms with Gasteiger partial charge in [-0.05, 0) is 38.3 Å². The number of hydrogen-bond acceptors (Lipinski definition) is 1. The normalized spacial score (nSPS) is 21.0. The predicted molar refractivity (Wildman–Crippen MR) is 57.9 cm³/mol. The summed E-state index contributed by atoms with van der Waals surface area (Å²) in [5.41, 5.74) is 0.629. The molecule has 0 aliphatic heterocycles. The highest BCUT2D eigenvalue weighted by Crippen LogP contribution is 2.42. The van der Waals surface area contributed by atoms with Gasteiger partial charge in [-0.3, -0.25) is 0 Å². The fourth-order valence-electron chi connectivity index (χ4n) is 2.04. The molecule has 12 heavy (non-hydrogen) atoms. The van der Waals surface area contributed by atoms with Crippen LogP contribution in [0.15, 0.2) is 0 Å². The molecule has 0 bridgehead atoms. The van der Waals surface area contributed by atoms with E-state index in [1.807, 2.05) is 0 Å². The zero-order valence-corrected chi connectivity index (χ0v) is 9.86. The van der Waals surface area contributed by atoms with E-state index in [0.717, 1.165) is 0 Å². The van der Waals surface area contributed by atoms with Gasteiger partial charge in [-0.1, -0.05) is 29.3 Å². The maximum atomic E-state index is 3.64. The monoisotopic (exact) mass is 233 g/mol. The molecule has 0 atom stereocenters. The van der Waals surface area contributed by atoms with Gasteiger partial charge in [0.05, 0.1) is 0 Å². The van der Waals surface area contributed by atoms with Crippen LogP contribution in [0.2, 0.25) is 0 Å². The maximum absolute atomic E-state index is 3.64. The van der Waals surface area contributed by atoms with E-state index in [1.165, 1.54) is 44.1 Å². The Morgan fingerprint density at radius 3 is 2.42 bits per heavy atom. The Morgan fingerprint density at radius 1 is 1.42 bits per heavy atom.